The Balaban J connectivity index is 0.000000113. The molecule has 5 aromatic heterocycles. The molecular weight excluding hydrogens is 1570 g/mol. The Kier molecular flexibility index (Phi) is 26.4. The summed E-state index contributed by atoms with van der Waals surface area (Å²) in [4.78, 5) is 48.9. The summed E-state index contributed by atoms with van der Waals surface area (Å²) < 4.78 is 0. The van der Waals surface area contributed by atoms with Crippen LogP contribution in [0.4, 0.5) is 0 Å². The minimum absolute atomic E-state index is 0.259. The van der Waals surface area contributed by atoms with Gasteiger partial charge in [-0.1, -0.05) is 439 Å². The molecule has 10 heteroatoms. The number of benzene rings is 16. The van der Waals surface area contributed by atoms with Gasteiger partial charge in [-0.25, -0.2) is 49.8 Å². The van der Waals surface area contributed by atoms with Gasteiger partial charge in [0.1, 0.15) is 29.1 Å². The van der Waals surface area contributed by atoms with Crippen LogP contribution in [0.1, 0.15) is 128 Å². The van der Waals surface area contributed by atoms with Gasteiger partial charge < -0.3 is 0 Å². The highest BCUT2D eigenvalue weighted by atomic mass is 14.9. The predicted molar refractivity (Wildman–Crippen MR) is 540 cm³/mol. The van der Waals surface area contributed by atoms with Crippen molar-refractivity contribution in [2.45, 2.75) is 98.8 Å². The standard InChI is InChI=1S/C27H22N2.4C23H20N2/c1-18(2)27-28-25(20-12-7-4-8-13-20)24-17-16-22-21(19-10-5-3-6-11-19)14-9-15-23(22)26(24)29-27;1-16(2)23-24-20-15-9-14-19(17-10-5-3-6-11-17)21(20)22(25-23)18-12-7-4-8-13-18;1-16(2)23-24-21(18-12-7-4-8-13-18)20-15-9-14-19(22(20)25-23)17-10-5-3-6-11-17;1-16(2)23-24-21-14-13-19(17-9-5-3-6-10-17)15-20(21)22(25-23)18-11-7-4-8-12-18;1-16(2)23-24-21-15-19(17-9-5-3-6-10-17)13-14-20(21)22(25-23)18-11-7-4-8-12-18/h3-18H,1-2H3;4*3-16H,1-2H3. The van der Waals surface area contributed by atoms with Crippen molar-refractivity contribution in [1.29, 1.82) is 0 Å². The van der Waals surface area contributed by atoms with E-state index in [1.165, 1.54) is 60.8 Å². The maximum atomic E-state index is 5.01. The predicted octanol–water partition coefficient (Wildman–Crippen LogP) is 31.6. The SMILES string of the molecule is CC(C)c1nc(-c2ccccc2)c2c(-c3ccccc3)cccc2n1.CC(C)c1nc(-c2ccccc2)c2cc(-c3ccccc3)ccc2n1.CC(C)c1nc(-c2ccccc2)c2ccc(-c3ccccc3)cc2n1.CC(C)c1nc(-c2ccccc2)c2ccc3c(-c4ccccc4)cccc3c2n1.CC(C)c1nc(-c2ccccc2)c2cccc(-c3ccccc3)c2n1. The molecule has 0 aliphatic rings. The molecule has 0 atom stereocenters. The van der Waals surface area contributed by atoms with Gasteiger partial charge in [0.15, 0.2) is 0 Å². The minimum Gasteiger partial charge on any atom is -0.233 e. The van der Waals surface area contributed by atoms with E-state index in [0.29, 0.717) is 5.92 Å². The van der Waals surface area contributed by atoms with Crippen molar-refractivity contribution < 1.29 is 0 Å². The third kappa shape index (κ3) is 19.5. The number of hydrogen-bond donors (Lipinski definition) is 0. The summed E-state index contributed by atoms with van der Waals surface area (Å²) in [5, 5.41) is 7.88. The van der Waals surface area contributed by atoms with Gasteiger partial charge in [-0.05, 0) is 91.9 Å². The van der Waals surface area contributed by atoms with E-state index in [2.05, 4.69) is 421 Å². The fraction of sp³-hybridized carbons (Fsp3) is 0.126. The average molecular weight is 1670 g/mol. The number of rotatable bonds is 15. The third-order valence-electron chi connectivity index (χ3n) is 22.9. The fourth-order valence-corrected chi connectivity index (χ4v) is 16.2. The maximum absolute atomic E-state index is 5.01. The fourth-order valence-electron chi connectivity index (χ4n) is 16.2. The number of fused-ring (bicyclic) bond motifs is 7. The van der Waals surface area contributed by atoms with E-state index in [1.54, 1.807) is 0 Å². The summed E-state index contributed by atoms with van der Waals surface area (Å²) in [5.41, 5.74) is 27.6. The highest BCUT2D eigenvalue weighted by molar-refractivity contribution is 6.13. The largest absolute Gasteiger partial charge is 0.233 e. The number of para-hydroxylation sites is 1. The second-order valence-electron chi connectivity index (χ2n) is 33.8. The van der Waals surface area contributed by atoms with Gasteiger partial charge in [0, 0.05) is 95.3 Å². The van der Waals surface area contributed by atoms with Crippen molar-refractivity contribution in [2.24, 2.45) is 0 Å². The monoisotopic (exact) mass is 1670 g/mol. The molecule has 0 spiro atoms. The Bertz CT molecular complexity index is 7330. The van der Waals surface area contributed by atoms with Crippen molar-refractivity contribution >= 4 is 65.3 Å². The quantitative estimate of drug-likeness (QED) is 0.0915. The van der Waals surface area contributed by atoms with E-state index in [-0.39, 0.29) is 23.7 Å². The lowest BCUT2D eigenvalue weighted by Crippen LogP contribution is -2.01. The van der Waals surface area contributed by atoms with E-state index < -0.39 is 0 Å². The minimum atomic E-state index is 0.259. The molecule has 0 aliphatic carbocycles. The topological polar surface area (TPSA) is 129 Å². The lowest BCUT2D eigenvalue weighted by atomic mass is 9.95. The first-order valence-corrected chi connectivity index (χ1v) is 44.7. The molecule has 5 heterocycles. The zero-order valence-electron chi connectivity index (χ0n) is 74.5. The van der Waals surface area contributed by atoms with Crippen molar-refractivity contribution in [3.05, 3.63) is 436 Å². The van der Waals surface area contributed by atoms with Crippen molar-refractivity contribution in [1.82, 2.24) is 49.8 Å². The molecule has 0 bridgehead atoms. The van der Waals surface area contributed by atoms with Crippen molar-refractivity contribution in [3.8, 4) is 112 Å². The summed E-state index contributed by atoms with van der Waals surface area (Å²) in [6.07, 6.45) is 0. The van der Waals surface area contributed by atoms with Crippen LogP contribution in [-0.4, -0.2) is 49.8 Å². The molecule has 16 aromatic carbocycles. The Morgan fingerprint density at radius 1 is 0.147 bits per heavy atom. The Morgan fingerprint density at radius 3 is 0.876 bits per heavy atom. The van der Waals surface area contributed by atoms with Gasteiger partial charge in [0.2, 0.25) is 0 Å². The summed E-state index contributed by atoms with van der Waals surface area (Å²) in [6.45, 7) is 21.4. The second-order valence-corrected chi connectivity index (χ2v) is 33.8. The van der Waals surface area contributed by atoms with Crippen LogP contribution in [0.5, 0.6) is 0 Å². The molecular formula is C119H102N10. The van der Waals surface area contributed by atoms with E-state index in [9.17, 15) is 0 Å². The smallest absolute Gasteiger partial charge is 0.132 e. The Morgan fingerprint density at radius 2 is 0.434 bits per heavy atom. The number of aromatic nitrogens is 10. The molecule has 0 saturated heterocycles. The molecule has 0 aliphatic heterocycles. The first kappa shape index (κ1) is 85.6. The molecule has 10 nitrogen and oxygen atoms in total. The van der Waals surface area contributed by atoms with Crippen LogP contribution in [0, 0.1) is 0 Å². The van der Waals surface area contributed by atoms with E-state index in [4.69, 9.17) is 49.8 Å². The van der Waals surface area contributed by atoms with E-state index in [0.717, 1.165) is 145 Å². The van der Waals surface area contributed by atoms with Gasteiger partial charge in [0.05, 0.1) is 56.1 Å². The Hall–Kier alpha value is -15.5. The molecule has 129 heavy (non-hydrogen) atoms. The zero-order valence-corrected chi connectivity index (χ0v) is 74.5. The van der Waals surface area contributed by atoms with Crippen LogP contribution in [0.2, 0.25) is 0 Å². The summed E-state index contributed by atoms with van der Waals surface area (Å²) in [6, 6.07) is 141. The lowest BCUT2D eigenvalue weighted by molar-refractivity contribution is 0.784. The summed E-state index contributed by atoms with van der Waals surface area (Å²) in [5.74, 6) is 5.82. The van der Waals surface area contributed by atoms with Gasteiger partial charge >= 0.3 is 0 Å². The number of hydrogen-bond acceptors (Lipinski definition) is 10. The summed E-state index contributed by atoms with van der Waals surface area (Å²) >= 11 is 0. The molecule has 0 amide bonds. The van der Waals surface area contributed by atoms with Gasteiger partial charge in [0.25, 0.3) is 0 Å². The molecule has 0 fully saturated rings. The van der Waals surface area contributed by atoms with Gasteiger partial charge in [-0.15, -0.1) is 0 Å². The maximum Gasteiger partial charge on any atom is 0.132 e. The molecule has 21 rings (SSSR count). The first-order chi connectivity index (χ1) is 63.1. The molecule has 628 valence electrons. The van der Waals surface area contributed by atoms with Crippen LogP contribution in [-0.2, 0) is 0 Å². The Labute approximate surface area is 756 Å². The van der Waals surface area contributed by atoms with E-state index in [1.807, 2.05) is 54.6 Å². The highest BCUT2D eigenvalue weighted by Gasteiger charge is 2.22. The van der Waals surface area contributed by atoms with Gasteiger partial charge in [-0.2, -0.15) is 0 Å². The van der Waals surface area contributed by atoms with E-state index >= 15 is 0 Å². The highest BCUT2D eigenvalue weighted by Crippen LogP contribution is 2.41. The molecule has 0 saturated carbocycles. The van der Waals surface area contributed by atoms with Crippen LogP contribution in [0.3, 0.4) is 0 Å². The lowest BCUT2D eigenvalue weighted by Gasteiger charge is -2.14. The van der Waals surface area contributed by atoms with Crippen LogP contribution in [0.15, 0.2) is 406 Å². The summed E-state index contributed by atoms with van der Waals surface area (Å²) in [7, 11) is 0. The zero-order chi connectivity index (χ0) is 88.7. The average Bonchev–Trinajstić information content (AvgIpc) is 0.702. The number of nitrogens with zero attached hydrogens (tertiary/aromatic N) is 10. The molecule has 21 aromatic rings. The third-order valence-corrected chi connectivity index (χ3v) is 22.9. The van der Waals surface area contributed by atoms with Crippen LogP contribution < -0.4 is 0 Å². The molecule has 0 radical (unpaired) electrons. The molecule has 0 N–H and O–H groups in total. The molecule has 0 unspecified atom stereocenters. The first-order valence-electron chi connectivity index (χ1n) is 44.7. The van der Waals surface area contributed by atoms with Crippen molar-refractivity contribution in [3.63, 3.8) is 0 Å². The second kappa shape index (κ2) is 39.8. The van der Waals surface area contributed by atoms with Crippen molar-refractivity contribution in [2.75, 3.05) is 0 Å². The van der Waals surface area contributed by atoms with Crippen LogP contribution >= 0.6 is 0 Å². The van der Waals surface area contributed by atoms with Crippen LogP contribution in [0.25, 0.3) is 177 Å². The normalized spacial score (nSPS) is 11.2. The van der Waals surface area contributed by atoms with Gasteiger partial charge in [-0.3, -0.25) is 0 Å².